The Balaban J connectivity index is 2.36. The van der Waals surface area contributed by atoms with E-state index in [0.29, 0.717) is 25.5 Å². The summed E-state index contributed by atoms with van der Waals surface area (Å²) in [7, 11) is 0. The molecular formula is C15H27F3N4O. The van der Waals surface area contributed by atoms with E-state index >= 15 is 0 Å². The van der Waals surface area contributed by atoms with Gasteiger partial charge in [0.2, 0.25) is 5.91 Å². The fraction of sp³-hybridized carbons (Fsp3) is 0.867. The topological polar surface area (TPSA) is 56.7 Å². The van der Waals surface area contributed by atoms with Gasteiger partial charge in [-0.15, -0.1) is 0 Å². The standard InChI is InChI=1S/C15H27F3N4O/c1-3-19-14(21-10-8-15(16,17)18)20-9-7-13(23)22-11-5-4-6-12(22)2/h12H,3-11H2,1-2H3,(H2,19,20,21). The van der Waals surface area contributed by atoms with Gasteiger partial charge in [-0.25, -0.2) is 0 Å². The molecule has 1 aliphatic heterocycles. The van der Waals surface area contributed by atoms with Crippen molar-refractivity contribution in [2.45, 2.75) is 58.2 Å². The van der Waals surface area contributed by atoms with Gasteiger partial charge in [0.25, 0.3) is 0 Å². The number of alkyl halides is 3. The second-order valence-electron chi connectivity index (χ2n) is 5.73. The molecule has 0 aliphatic carbocycles. The number of nitrogens with zero attached hydrogens (tertiary/aromatic N) is 2. The van der Waals surface area contributed by atoms with Gasteiger partial charge in [-0.05, 0) is 33.1 Å². The predicted octanol–water partition coefficient (Wildman–Crippen LogP) is 2.29. The number of rotatable bonds is 6. The highest BCUT2D eigenvalue weighted by molar-refractivity contribution is 5.81. The molecule has 1 fully saturated rings. The third-order valence-electron chi connectivity index (χ3n) is 3.76. The second kappa shape index (κ2) is 9.62. The van der Waals surface area contributed by atoms with E-state index in [1.54, 1.807) is 0 Å². The average Bonchev–Trinajstić information content (AvgIpc) is 2.46. The highest BCUT2D eigenvalue weighted by Gasteiger charge is 2.26. The predicted molar refractivity (Wildman–Crippen MR) is 84.3 cm³/mol. The molecule has 8 heteroatoms. The van der Waals surface area contributed by atoms with Crippen LogP contribution in [-0.4, -0.2) is 55.2 Å². The average molecular weight is 336 g/mol. The fourth-order valence-corrected chi connectivity index (χ4v) is 2.54. The highest BCUT2D eigenvalue weighted by Crippen LogP contribution is 2.19. The summed E-state index contributed by atoms with van der Waals surface area (Å²) in [4.78, 5) is 17.9. The largest absolute Gasteiger partial charge is 0.390 e. The van der Waals surface area contributed by atoms with E-state index in [9.17, 15) is 18.0 Å². The summed E-state index contributed by atoms with van der Waals surface area (Å²) in [6, 6.07) is 0.268. The van der Waals surface area contributed by atoms with Gasteiger partial charge in [0.15, 0.2) is 5.96 Å². The summed E-state index contributed by atoms with van der Waals surface area (Å²) in [5, 5.41) is 5.79. The molecule has 1 amide bonds. The van der Waals surface area contributed by atoms with Gasteiger partial charge in [0.1, 0.15) is 0 Å². The molecule has 1 aliphatic rings. The van der Waals surface area contributed by atoms with E-state index < -0.39 is 12.6 Å². The SMILES string of the molecule is CCNC(=NCCC(F)(F)F)NCCC(=O)N1CCCCC1C. The fourth-order valence-electron chi connectivity index (χ4n) is 2.54. The van der Waals surface area contributed by atoms with Gasteiger partial charge >= 0.3 is 6.18 Å². The van der Waals surface area contributed by atoms with Crippen LogP contribution in [0, 0.1) is 0 Å². The van der Waals surface area contributed by atoms with Crippen LogP contribution in [0.25, 0.3) is 0 Å². The number of carbonyl (C=O) groups is 1. The van der Waals surface area contributed by atoms with Gasteiger partial charge in [0.05, 0.1) is 13.0 Å². The van der Waals surface area contributed by atoms with E-state index in [2.05, 4.69) is 15.6 Å². The van der Waals surface area contributed by atoms with E-state index in [1.807, 2.05) is 18.7 Å². The van der Waals surface area contributed by atoms with E-state index in [1.165, 1.54) is 0 Å². The number of piperidine rings is 1. The van der Waals surface area contributed by atoms with Crippen molar-refractivity contribution in [1.82, 2.24) is 15.5 Å². The normalized spacial score (nSPS) is 19.6. The maximum absolute atomic E-state index is 12.2. The first-order chi connectivity index (χ1) is 10.8. The van der Waals surface area contributed by atoms with Crippen molar-refractivity contribution in [3.8, 4) is 0 Å². The zero-order chi connectivity index (χ0) is 17.3. The van der Waals surface area contributed by atoms with E-state index in [4.69, 9.17) is 0 Å². The van der Waals surface area contributed by atoms with Gasteiger partial charge < -0.3 is 15.5 Å². The molecule has 1 heterocycles. The summed E-state index contributed by atoms with van der Waals surface area (Å²) in [6.45, 7) is 5.26. The molecular weight excluding hydrogens is 309 g/mol. The van der Waals surface area contributed by atoms with Crippen LogP contribution in [0.15, 0.2) is 4.99 Å². The molecule has 23 heavy (non-hydrogen) atoms. The van der Waals surface area contributed by atoms with Crippen LogP contribution >= 0.6 is 0 Å². The Morgan fingerprint density at radius 1 is 1.30 bits per heavy atom. The number of halogens is 3. The third-order valence-corrected chi connectivity index (χ3v) is 3.76. The number of aliphatic imine (C=N–C) groups is 1. The lowest BCUT2D eigenvalue weighted by Crippen LogP contribution is -2.44. The zero-order valence-electron chi connectivity index (χ0n) is 13.9. The quantitative estimate of drug-likeness (QED) is 0.578. The van der Waals surface area contributed by atoms with Gasteiger partial charge in [-0.2, -0.15) is 13.2 Å². The van der Waals surface area contributed by atoms with Gasteiger partial charge in [-0.1, -0.05) is 0 Å². The molecule has 0 aromatic heterocycles. The Labute approximate surface area is 135 Å². The summed E-state index contributed by atoms with van der Waals surface area (Å²) in [5.41, 5.74) is 0. The first-order valence-corrected chi connectivity index (χ1v) is 8.22. The molecule has 134 valence electrons. The maximum atomic E-state index is 12.2. The van der Waals surface area contributed by atoms with Crippen LogP contribution < -0.4 is 10.6 Å². The lowest BCUT2D eigenvalue weighted by Gasteiger charge is -2.33. The van der Waals surface area contributed by atoms with Crippen molar-refractivity contribution in [2.75, 3.05) is 26.2 Å². The van der Waals surface area contributed by atoms with Crippen molar-refractivity contribution < 1.29 is 18.0 Å². The summed E-state index contributed by atoms with van der Waals surface area (Å²) in [5.74, 6) is 0.395. The van der Waals surface area contributed by atoms with E-state index in [0.717, 1.165) is 25.8 Å². The van der Waals surface area contributed by atoms with Gasteiger partial charge in [0, 0.05) is 32.1 Å². The Morgan fingerprint density at radius 2 is 2.04 bits per heavy atom. The van der Waals surface area contributed by atoms with E-state index in [-0.39, 0.29) is 18.5 Å². The number of hydrogen-bond acceptors (Lipinski definition) is 2. The molecule has 1 saturated heterocycles. The van der Waals surface area contributed by atoms with Crippen LogP contribution in [0.3, 0.4) is 0 Å². The van der Waals surface area contributed by atoms with Crippen LogP contribution in [0.4, 0.5) is 13.2 Å². The number of guanidine groups is 1. The molecule has 0 aromatic rings. The molecule has 1 rings (SSSR count). The first-order valence-electron chi connectivity index (χ1n) is 8.22. The maximum Gasteiger partial charge on any atom is 0.390 e. The minimum absolute atomic E-state index is 0.0795. The Morgan fingerprint density at radius 3 is 2.65 bits per heavy atom. The lowest BCUT2D eigenvalue weighted by molar-refractivity contribution is -0.134. The van der Waals surface area contributed by atoms with Gasteiger partial charge in [-0.3, -0.25) is 9.79 Å². The summed E-state index contributed by atoms with van der Waals surface area (Å²) < 4.78 is 36.4. The molecule has 0 bridgehead atoms. The van der Waals surface area contributed by atoms with Crippen LogP contribution in [0.2, 0.25) is 0 Å². The number of likely N-dealkylation sites (tertiary alicyclic amines) is 1. The first kappa shape index (κ1) is 19.6. The minimum Gasteiger partial charge on any atom is -0.357 e. The molecule has 0 spiro atoms. The van der Waals surface area contributed by atoms with Crippen LogP contribution in [-0.2, 0) is 4.79 Å². The second-order valence-corrected chi connectivity index (χ2v) is 5.73. The summed E-state index contributed by atoms with van der Waals surface area (Å²) >= 11 is 0. The molecule has 2 N–H and O–H groups in total. The van der Waals surface area contributed by atoms with Crippen LogP contribution in [0.1, 0.15) is 46.0 Å². The molecule has 1 atom stereocenters. The number of nitrogens with one attached hydrogen (secondary N) is 2. The summed E-state index contributed by atoms with van der Waals surface area (Å²) in [6.07, 6.45) is -1.63. The lowest BCUT2D eigenvalue weighted by atomic mass is 10.0. The Hall–Kier alpha value is -1.47. The van der Waals surface area contributed by atoms with Crippen molar-refractivity contribution in [3.05, 3.63) is 0 Å². The third kappa shape index (κ3) is 8.08. The number of amides is 1. The smallest absolute Gasteiger partial charge is 0.357 e. The zero-order valence-corrected chi connectivity index (χ0v) is 13.9. The number of carbonyl (C=O) groups excluding carboxylic acids is 1. The van der Waals surface area contributed by atoms with Crippen LogP contribution in [0.5, 0.6) is 0 Å². The monoisotopic (exact) mass is 336 g/mol. The highest BCUT2D eigenvalue weighted by atomic mass is 19.4. The minimum atomic E-state index is -4.21. The van der Waals surface area contributed by atoms with Crippen molar-refractivity contribution in [2.24, 2.45) is 4.99 Å². The molecule has 0 saturated carbocycles. The molecule has 0 aromatic carbocycles. The molecule has 0 radical (unpaired) electrons. The van der Waals surface area contributed by atoms with Crippen molar-refractivity contribution in [3.63, 3.8) is 0 Å². The number of hydrogen-bond donors (Lipinski definition) is 2. The Bertz CT molecular complexity index is 399. The Kier molecular flexibility index (Phi) is 8.19. The van der Waals surface area contributed by atoms with Crippen molar-refractivity contribution >= 4 is 11.9 Å². The molecule has 5 nitrogen and oxygen atoms in total. The molecule has 1 unspecified atom stereocenters. The van der Waals surface area contributed by atoms with Crippen molar-refractivity contribution in [1.29, 1.82) is 0 Å².